The van der Waals surface area contributed by atoms with E-state index < -0.39 is 30.1 Å². The molecule has 264 valence electrons. The average Bonchev–Trinajstić information content (AvgIpc) is 3.55. The lowest BCUT2D eigenvalue weighted by atomic mass is 9.92. The van der Waals surface area contributed by atoms with Crippen LogP contribution in [0.1, 0.15) is 93.9 Å². The number of anilines is 1. The number of thiazole rings is 1. The van der Waals surface area contributed by atoms with Crippen LogP contribution in [0.25, 0.3) is 0 Å². The number of nitrogens with two attached hydrogens (primary N) is 1. The van der Waals surface area contributed by atoms with Gasteiger partial charge in [0.15, 0.2) is 6.10 Å². The normalized spacial score (nSPS) is 18.2. The molecule has 12 nitrogen and oxygen atoms in total. The first-order valence-electron chi connectivity index (χ1n) is 16.8. The van der Waals surface area contributed by atoms with Crippen LogP contribution in [-0.2, 0) is 30.3 Å². The van der Waals surface area contributed by atoms with Crippen molar-refractivity contribution in [2.45, 2.75) is 103 Å². The van der Waals surface area contributed by atoms with Crippen LogP contribution in [0.3, 0.4) is 0 Å². The van der Waals surface area contributed by atoms with Gasteiger partial charge in [-0.3, -0.25) is 24.1 Å². The molecule has 13 heteroatoms. The van der Waals surface area contributed by atoms with E-state index in [4.69, 9.17) is 10.5 Å². The number of esters is 1. The molecule has 2 aromatic rings. The Morgan fingerprint density at radius 3 is 2.42 bits per heavy atom. The van der Waals surface area contributed by atoms with Crippen molar-refractivity contribution in [2.24, 2.45) is 11.8 Å². The van der Waals surface area contributed by atoms with Gasteiger partial charge in [-0.15, -0.1) is 11.3 Å². The third-order valence-electron chi connectivity index (χ3n) is 9.17. The fourth-order valence-corrected chi connectivity index (χ4v) is 6.88. The largest absolute Gasteiger partial charge is 0.455 e. The summed E-state index contributed by atoms with van der Waals surface area (Å²) in [6.45, 7) is 10.1. The van der Waals surface area contributed by atoms with E-state index in [0.717, 1.165) is 42.7 Å². The second kappa shape index (κ2) is 18.1. The zero-order chi connectivity index (χ0) is 35.5. The van der Waals surface area contributed by atoms with E-state index in [9.17, 15) is 24.0 Å². The third kappa shape index (κ3) is 10.6. The van der Waals surface area contributed by atoms with Crippen LogP contribution in [0.2, 0.25) is 0 Å². The van der Waals surface area contributed by atoms with E-state index in [1.807, 2.05) is 39.6 Å². The zero-order valence-corrected chi connectivity index (χ0v) is 30.0. The van der Waals surface area contributed by atoms with Gasteiger partial charge in [-0.05, 0) is 62.4 Å². The number of likely N-dealkylation sites (N-methyl/N-ethyl adjacent to an activating group) is 2. The lowest BCUT2D eigenvalue weighted by Crippen LogP contribution is -2.58. The summed E-state index contributed by atoms with van der Waals surface area (Å²) < 4.78 is 5.71. The third-order valence-corrected chi connectivity index (χ3v) is 10.1. The molecule has 4 N–H and O–H groups in total. The predicted octanol–water partition coefficient (Wildman–Crippen LogP) is 3.76. The van der Waals surface area contributed by atoms with E-state index >= 15 is 0 Å². The van der Waals surface area contributed by atoms with Gasteiger partial charge in [0, 0.05) is 37.5 Å². The molecule has 1 saturated heterocycles. The number of nitrogens with zero attached hydrogens (tertiary/aromatic N) is 3. The topological polar surface area (TPSA) is 164 Å². The number of nitrogen functional groups attached to an aromatic ring is 1. The molecule has 48 heavy (non-hydrogen) atoms. The summed E-state index contributed by atoms with van der Waals surface area (Å²) in [6, 6.07) is 4.90. The van der Waals surface area contributed by atoms with Crippen molar-refractivity contribution in [2.75, 3.05) is 26.4 Å². The van der Waals surface area contributed by atoms with E-state index in [0.29, 0.717) is 23.4 Å². The number of aldehydes is 1. The number of ether oxygens (including phenoxy) is 1. The fourth-order valence-electron chi connectivity index (χ4n) is 6.04. The first kappa shape index (κ1) is 38.6. The SMILES string of the molecule is CC[C@H](C)[C@H](NC(=O)[C@H]1CCCCN1C)C(=O)N(C)[C@H](C[C@@H](OC(C)=O)c1nc(C(=O)N[C@H](C=O)Cc2ccc(N)cc2)cs1)C(C)C. The van der Waals surface area contributed by atoms with Crippen LogP contribution in [0.15, 0.2) is 29.6 Å². The van der Waals surface area contributed by atoms with Gasteiger partial charge in [0.05, 0.1) is 12.1 Å². The Labute approximate surface area is 288 Å². The Balaban J connectivity index is 1.77. The predicted molar refractivity (Wildman–Crippen MR) is 186 cm³/mol. The van der Waals surface area contributed by atoms with Gasteiger partial charge in [-0.1, -0.05) is 52.7 Å². The molecule has 1 aromatic heterocycles. The number of hydrogen-bond acceptors (Lipinski definition) is 10. The zero-order valence-electron chi connectivity index (χ0n) is 29.2. The molecule has 0 spiro atoms. The Hall–Kier alpha value is -3.84. The van der Waals surface area contributed by atoms with Gasteiger partial charge in [0.25, 0.3) is 5.91 Å². The van der Waals surface area contributed by atoms with Gasteiger partial charge in [-0.25, -0.2) is 4.98 Å². The standard InChI is InChI=1S/C35H52N6O6S/c1-8-22(4)31(39-33(45)28-11-9-10-16-40(28)6)35(46)41(7)29(21(2)3)18-30(47-23(5)43)34-38-27(20-48-34)32(44)37-26(19-42)17-24-12-14-25(36)15-13-24/h12-15,19-22,26,28-31H,8-11,16-18,36H2,1-7H3,(H,37,44)(H,39,45)/t22-,26-,28+,29+,30+,31-/m0/s1. The number of amides is 3. The summed E-state index contributed by atoms with van der Waals surface area (Å²) >= 11 is 1.16. The maximum Gasteiger partial charge on any atom is 0.303 e. The minimum absolute atomic E-state index is 0.0424. The average molecular weight is 685 g/mol. The highest BCUT2D eigenvalue weighted by atomic mass is 32.1. The molecule has 1 aliphatic rings. The molecule has 3 rings (SSSR count). The molecule has 0 radical (unpaired) electrons. The van der Waals surface area contributed by atoms with Crippen molar-refractivity contribution in [3.63, 3.8) is 0 Å². The van der Waals surface area contributed by atoms with Gasteiger partial charge in [-0.2, -0.15) is 0 Å². The Kier molecular flexibility index (Phi) is 14.5. The fraction of sp³-hybridized carbons (Fsp3) is 0.600. The number of benzene rings is 1. The number of hydrogen-bond donors (Lipinski definition) is 3. The smallest absolute Gasteiger partial charge is 0.303 e. The maximum absolute atomic E-state index is 14.1. The van der Waals surface area contributed by atoms with Crippen LogP contribution < -0.4 is 16.4 Å². The van der Waals surface area contributed by atoms with E-state index in [1.54, 1.807) is 41.6 Å². The van der Waals surface area contributed by atoms with Crippen LogP contribution in [-0.4, -0.2) is 89.6 Å². The van der Waals surface area contributed by atoms with E-state index in [1.165, 1.54) is 6.92 Å². The highest BCUT2D eigenvalue weighted by molar-refractivity contribution is 7.09. The minimum atomic E-state index is -0.833. The molecular weight excluding hydrogens is 632 g/mol. The maximum atomic E-state index is 14.1. The monoisotopic (exact) mass is 684 g/mol. The first-order valence-corrected chi connectivity index (χ1v) is 17.6. The van der Waals surface area contributed by atoms with Crippen LogP contribution in [0.5, 0.6) is 0 Å². The lowest BCUT2D eigenvalue weighted by Gasteiger charge is -2.38. The van der Waals surface area contributed by atoms with E-state index in [2.05, 4.69) is 15.6 Å². The van der Waals surface area contributed by atoms with Crippen molar-refractivity contribution < 1.29 is 28.7 Å². The van der Waals surface area contributed by atoms with Crippen molar-refractivity contribution in [1.29, 1.82) is 0 Å². The van der Waals surface area contributed by atoms with Crippen LogP contribution >= 0.6 is 11.3 Å². The van der Waals surface area contributed by atoms with Crippen molar-refractivity contribution in [1.82, 2.24) is 25.4 Å². The Morgan fingerprint density at radius 1 is 1.15 bits per heavy atom. The molecule has 0 saturated carbocycles. The highest BCUT2D eigenvalue weighted by Gasteiger charge is 2.37. The number of rotatable bonds is 16. The van der Waals surface area contributed by atoms with Crippen molar-refractivity contribution in [3.05, 3.63) is 45.9 Å². The summed E-state index contributed by atoms with van der Waals surface area (Å²) in [5.74, 6) is -1.55. The molecule has 0 unspecified atom stereocenters. The summed E-state index contributed by atoms with van der Waals surface area (Å²) in [5, 5.41) is 7.74. The van der Waals surface area contributed by atoms with E-state index in [-0.39, 0.29) is 54.3 Å². The lowest BCUT2D eigenvalue weighted by molar-refractivity contribution is -0.149. The number of piperidine rings is 1. The van der Waals surface area contributed by atoms with Crippen molar-refractivity contribution >= 4 is 47.0 Å². The highest BCUT2D eigenvalue weighted by Crippen LogP contribution is 2.31. The Morgan fingerprint density at radius 2 is 1.83 bits per heavy atom. The quantitative estimate of drug-likeness (QED) is 0.136. The number of nitrogens with one attached hydrogen (secondary N) is 2. The molecule has 1 aliphatic heterocycles. The number of likely N-dealkylation sites (tertiary alicyclic amines) is 1. The molecule has 6 atom stereocenters. The summed E-state index contributed by atoms with van der Waals surface area (Å²) in [5.41, 5.74) is 7.28. The molecular formula is C35H52N6O6S. The van der Waals surface area contributed by atoms with Crippen LogP contribution in [0.4, 0.5) is 5.69 Å². The van der Waals surface area contributed by atoms with Gasteiger partial charge in [0.2, 0.25) is 11.8 Å². The van der Waals surface area contributed by atoms with Crippen LogP contribution in [0, 0.1) is 11.8 Å². The van der Waals surface area contributed by atoms with Crippen molar-refractivity contribution in [3.8, 4) is 0 Å². The summed E-state index contributed by atoms with van der Waals surface area (Å²) in [7, 11) is 3.66. The molecule has 1 fully saturated rings. The Bertz CT molecular complexity index is 1400. The first-order chi connectivity index (χ1) is 22.7. The second-order valence-corrected chi connectivity index (χ2v) is 14.1. The molecule has 0 aliphatic carbocycles. The molecule has 0 bridgehead atoms. The van der Waals surface area contributed by atoms with Gasteiger partial charge in [0.1, 0.15) is 23.0 Å². The number of aromatic nitrogens is 1. The summed E-state index contributed by atoms with van der Waals surface area (Å²) in [6.07, 6.45) is 3.83. The minimum Gasteiger partial charge on any atom is -0.455 e. The molecule has 1 aromatic carbocycles. The van der Waals surface area contributed by atoms with Gasteiger partial charge < -0.3 is 30.8 Å². The van der Waals surface area contributed by atoms with Gasteiger partial charge >= 0.3 is 5.97 Å². The number of carbonyl (C=O) groups is 5. The number of carbonyl (C=O) groups excluding carboxylic acids is 5. The summed E-state index contributed by atoms with van der Waals surface area (Å²) in [4.78, 5) is 72.7. The molecule has 2 heterocycles. The second-order valence-electron chi connectivity index (χ2n) is 13.2. The molecule has 3 amide bonds.